The molecule has 0 amide bonds. The summed E-state index contributed by atoms with van der Waals surface area (Å²) in [7, 11) is 2.10. The Morgan fingerprint density at radius 1 is 0.862 bits per heavy atom. The van der Waals surface area contributed by atoms with Gasteiger partial charge in [0.05, 0.1) is 37.6 Å². The van der Waals surface area contributed by atoms with Crippen LogP contribution in [0.4, 0.5) is 0 Å². The van der Waals surface area contributed by atoms with E-state index in [9.17, 15) is 5.11 Å². The summed E-state index contributed by atoms with van der Waals surface area (Å²) in [5, 5.41) is 11.1. The summed E-state index contributed by atoms with van der Waals surface area (Å²) in [5.41, 5.74) is 2.28. The normalized spacial score (nSPS) is 24.3. The van der Waals surface area contributed by atoms with Crippen molar-refractivity contribution in [2.24, 2.45) is 0 Å². The lowest BCUT2D eigenvalue weighted by Gasteiger charge is -2.32. The maximum Gasteiger partial charge on any atom is 0.0982 e. The van der Waals surface area contributed by atoms with Crippen LogP contribution in [0, 0.1) is 0 Å². The highest BCUT2D eigenvalue weighted by Crippen LogP contribution is 2.31. The van der Waals surface area contributed by atoms with Crippen LogP contribution in [0.3, 0.4) is 0 Å². The van der Waals surface area contributed by atoms with E-state index in [-0.39, 0.29) is 18.2 Å². The first-order valence-corrected chi connectivity index (χ1v) is 10.9. The summed E-state index contributed by atoms with van der Waals surface area (Å²) in [6.45, 7) is 4.25. The third-order valence-electron chi connectivity index (χ3n) is 5.81. The molecule has 29 heavy (non-hydrogen) atoms. The molecule has 1 N–H and O–H groups in total. The van der Waals surface area contributed by atoms with Gasteiger partial charge in [-0.05, 0) is 31.1 Å². The van der Waals surface area contributed by atoms with Crippen LogP contribution in [-0.4, -0.2) is 48.0 Å². The number of aliphatic hydroxyl groups excluding tert-OH is 1. The number of hydrogen-bond acceptors (Lipinski definition) is 4. The van der Waals surface area contributed by atoms with Crippen molar-refractivity contribution in [3.05, 3.63) is 71.8 Å². The summed E-state index contributed by atoms with van der Waals surface area (Å²) in [6, 6.07) is 20.3. The topological polar surface area (TPSA) is 41.9 Å². The summed E-state index contributed by atoms with van der Waals surface area (Å²) in [4.78, 5) is 2.27. The highest BCUT2D eigenvalue weighted by molar-refractivity contribution is 5.14. The average molecular weight is 398 g/mol. The van der Waals surface area contributed by atoms with E-state index in [1.165, 1.54) is 12.8 Å². The number of aliphatic hydroxyl groups is 1. The van der Waals surface area contributed by atoms with Gasteiger partial charge in [-0.2, -0.15) is 0 Å². The van der Waals surface area contributed by atoms with Crippen molar-refractivity contribution in [2.75, 3.05) is 13.6 Å². The molecule has 1 aliphatic rings. The summed E-state index contributed by atoms with van der Waals surface area (Å²) < 4.78 is 12.4. The minimum atomic E-state index is -0.550. The Labute approximate surface area is 175 Å². The van der Waals surface area contributed by atoms with Gasteiger partial charge in [0.1, 0.15) is 0 Å². The van der Waals surface area contributed by atoms with Crippen LogP contribution in [0.25, 0.3) is 0 Å². The molecule has 3 rings (SSSR count). The Morgan fingerprint density at radius 2 is 1.41 bits per heavy atom. The van der Waals surface area contributed by atoms with E-state index >= 15 is 0 Å². The van der Waals surface area contributed by atoms with Gasteiger partial charge in [-0.3, -0.25) is 4.90 Å². The lowest BCUT2D eigenvalue weighted by molar-refractivity contribution is -0.0531. The van der Waals surface area contributed by atoms with E-state index in [0.29, 0.717) is 19.6 Å². The van der Waals surface area contributed by atoms with Crippen LogP contribution in [0.15, 0.2) is 60.7 Å². The number of unbranched alkanes of at least 4 members (excludes halogenated alkanes) is 2. The SMILES string of the molecule is CCCCCN(C)[C@@H]1[C@@H](O)[C@@H](OCc2ccccc2)C[C@H]1OCc1ccccc1. The van der Waals surface area contributed by atoms with Crippen molar-refractivity contribution < 1.29 is 14.6 Å². The highest BCUT2D eigenvalue weighted by Gasteiger charge is 2.45. The van der Waals surface area contributed by atoms with Crippen LogP contribution in [0.5, 0.6) is 0 Å². The maximum atomic E-state index is 11.1. The Hall–Kier alpha value is -1.72. The third kappa shape index (κ3) is 6.38. The molecule has 2 aromatic carbocycles. The van der Waals surface area contributed by atoms with Gasteiger partial charge in [0.15, 0.2) is 0 Å². The maximum absolute atomic E-state index is 11.1. The predicted molar refractivity (Wildman–Crippen MR) is 117 cm³/mol. The van der Waals surface area contributed by atoms with E-state index in [2.05, 4.69) is 43.1 Å². The molecule has 0 heterocycles. The molecule has 0 spiro atoms. The summed E-state index contributed by atoms with van der Waals surface area (Å²) in [5.74, 6) is 0. The number of hydrogen-bond donors (Lipinski definition) is 1. The molecule has 0 saturated heterocycles. The fourth-order valence-corrected chi connectivity index (χ4v) is 4.14. The number of ether oxygens (including phenoxy) is 2. The van der Waals surface area contributed by atoms with Gasteiger partial charge in [0, 0.05) is 6.42 Å². The van der Waals surface area contributed by atoms with E-state index in [4.69, 9.17) is 9.47 Å². The lowest BCUT2D eigenvalue weighted by Crippen LogP contribution is -2.47. The second-order valence-electron chi connectivity index (χ2n) is 8.07. The Morgan fingerprint density at radius 3 is 1.97 bits per heavy atom. The Kier molecular flexibility index (Phi) is 8.69. The van der Waals surface area contributed by atoms with Gasteiger partial charge in [0.25, 0.3) is 0 Å². The zero-order valence-electron chi connectivity index (χ0n) is 17.7. The molecule has 0 aromatic heterocycles. The molecule has 4 atom stereocenters. The van der Waals surface area contributed by atoms with Crippen molar-refractivity contribution in [1.29, 1.82) is 0 Å². The molecule has 1 saturated carbocycles. The minimum absolute atomic E-state index is 0.0439. The van der Waals surface area contributed by atoms with Crippen molar-refractivity contribution >= 4 is 0 Å². The van der Waals surface area contributed by atoms with Crippen molar-refractivity contribution in [2.45, 2.75) is 70.2 Å². The van der Waals surface area contributed by atoms with Crippen molar-refractivity contribution in [1.82, 2.24) is 4.90 Å². The van der Waals surface area contributed by atoms with Gasteiger partial charge >= 0.3 is 0 Å². The van der Waals surface area contributed by atoms with Crippen LogP contribution in [0.2, 0.25) is 0 Å². The molecule has 4 nitrogen and oxygen atoms in total. The van der Waals surface area contributed by atoms with E-state index in [1.54, 1.807) is 0 Å². The number of benzene rings is 2. The molecule has 4 heteroatoms. The predicted octanol–water partition coefficient (Wildman–Crippen LogP) is 4.41. The van der Waals surface area contributed by atoms with Crippen LogP contribution >= 0.6 is 0 Å². The summed E-state index contributed by atoms with van der Waals surface area (Å²) in [6.07, 6.45) is 3.44. The average Bonchev–Trinajstić information content (AvgIpc) is 3.07. The first-order valence-electron chi connectivity index (χ1n) is 10.9. The van der Waals surface area contributed by atoms with Gasteiger partial charge in [-0.15, -0.1) is 0 Å². The molecule has 158 valence electrons. The number of rotatable bonds is 11. The Bertz CT molecular complexity index is 694. The minimum Gasteiger partial charge on any atom is -0.389 e. The number of likely N-dealkylation sites (N-methyl/N-ethyl adjacent to an activating group) is 1. The second-order valence-corrected chi connectivity index (χ2v) is 8.07. The second kappa shape index (κ2) is 11.5. The van der Waals surface area contributed by atoms with Gasteiger partial charge in [0.2, 0.25) is 0 Å². The zero-order chi connectivity index (χ0) is 20.5. The van der Waals surface area contributed by atoms with Crippen molar-refractivity contribution in [3.63, 3.8) is 0 Å². The fourth-order valence-electron chi connectivity index (χ4n) is 4.14. The first-order chi connectivity index (χ1) is 14.2. The third-order valence-corrected chi connectivity index (χ3v) is 5.81. The molecule has 0 bridgehead atoms. The van der Waals surface area contributed by atoms with E-state index in [1.807, 2.05) is 36.4 Å². The van der Waals surface area contributed by atoms with Gasteiger partial charge < -0.3 is 14.6 Å². The van der Waals surface area contributed by atoms with Crippen LogP contribution in [0.1, 0.15) is 43.7 Å². The number of nitrogens with zero attached hydrogens (tertiary/aromatic N) is 1. The molecule has 1 aliphatic carbocycles. The van der Waals surface area contributed by atoms with Crippen LogP contribution in [-0.2, 0) is 22.7 Å². The van der Waals surface area contributed by atoms with E-state index < -0.39 is 6.10 Å². The quantitative estimate of drug-likeness (QED) is 0.570. The van der Waals surface area contributed by atoms with Gasteiger partial charge in [-0.25, -0.2) is 0 Å². The van der Waals surface area contributed by atoms with Gasteiger partial charge in [-0.1, -0.05) is 80.4 Å². The fraction of sp³-hybridized carbons (Fsp3) is 0.520. The first kappa shape index (κ1) is 22.0. The standard InChI is InChI=1S/C25H35NO3/c1-3-4-11-16-26(2)24-22(28-18-20-12-7-5-8-13-20)17-23(25(24)27)29-19-21-14-9-6-10-15-21/h5-10,12-15,22-25,27H,3-4,11,16-19H2,1-2H3/t22-,23+,24+,25+/m1/s1. The van der Waals surface area contributed by atoms with Crippen LogP contribution < -0.4 is 0 Å². The molecule has 0 radical (unpaired) electrons. The summed E-state index contributed by atoms with van der Waals surface area (Å²) >= 11 is 0. The molecule has 0 unspecified atom stereocenters. The lowest BCUT2D eigenvalue weighted by atomic mass is 10.1. The zero-order valence-corrected chi connectivity index (χ0v) is 17.7. The monoisotopic (exact) mass is 397 g/mol. The molecular weight excluding hydrogens is 362 g/mol. The highest BCUT2D eigenvalue weighted by atomic mass is 16.5. The molecule has 1 fully saturated rings. The molecule has 2 aromatic rings. The Balaban J connectivity index is 1.63. The smallest absolute Gasteiger partial charge is 0.0982 e. The van der Waals surface area contributed by atoms with E-state index in [0.717, 1.165) is 24.1 Å². The molecular formula is C25H35NO3. The largest absolute Gasteiger partial charge is 0.389 e. The molecule has 0 aliphatic heterocycles. The van der Waals surface area contributed by atoms with Crippen molar-refractivity contribution in [3.8, 4) is 0 Å².